The Hall–Kier alpha value is -7.44. The Morgan fingerprint density at radius 3 is 0.871 bits per heavy atom. The second-order valence-corrected chi connectivity index (χ2v) is 35.0. The second-order valence-electron chi connectivity index (χ2n) is 35.0. The van der Waals surface area contributed by atoms with Gasteiger partial charge in [0.25, 0.3) is 0 Å². The minimum atomic E-state index is -0.262. The lowest BCUT2D eigenvalue weighted by Gasteiger charge is -2.34. The van der Waals surface area contributed by atoms with Gasteiger partial charge in [0.05, 0.1) is 46.7 Å². The third kappa shape index (κ3) is 14.0. The fourth-order valence-electron chi connectivity index (χ4n) is 14.7. The summed E-state index contributed by atoms with van der Waals surface area (Å²) >= 11 is 0. The summed E-state index contributed by atoms with van der Waals surface area (Å²) in [5.41, 5.74) is 18.0. The van der Waals surface area contributed by atoms with Crippen LogP contribution < -0.4 is 9.47 Å². The van der Waals surface area contributed by atoms with Crippen molar-refractivity contribution in [1.82, 2.24) is 9.13 Å². The lowest BCUT2D eigenvalue weighted by Crippen LogP contribution is -2.25. The molecular formula is C87H110N2O4. The minimum absolute atomic E-state index is 0.0381. The van der Waals surface area contributed by atoms with Gasteiger partial charge in [-0.15, -0.1) is 0 Å². The number of nitrogens with zero attached hydrogens (tertiary/aromatic N) is 2. The molecule has 492 valence electrons. The van der Waals surface area contributed by atoms with Crippen molar-refractivity contribution < 1.29 is 19.7 Å². The van der Waals surface area contributed by atoms with Gasteiger partial charge in [-0.2, -0.15) is 0 Å². The molecule has 93 heavy (non-hydrogen) atoms. The van der Waals surface area contributed by atoms with E-state index in [0.717, 1.165) is 104 Å². The lowest BCUT2D eigenvalue weighted by molar-refractivity contribution is 0.248. The van der Waals surface area contributed by atoms with E-state index < -0.39 is 0 Å². The highest BCUT2D eigenvalue weighted by Gasteiger charge is 2.34. The first kappa shape index (κ1) is 68.4. The quantitative estimate of drug-likeness (QED) is 0.0946. The molecule has 8 aromatic carbocycles. The summed E-state index contributed by atoms with van der Waals surface area (Å²) in [5.74, 6) is 1.85. The highest BCUT2D eigenvalue weighted by molar-refractivity contribution is 6.11. The summed E-state index contributed by atoms with van der Waals surface area (Å²) in [6.45, 7) is 55.7. The first-order chi connectivity index (χ1) is 43.1. The molecule has 0 amide bonds. The van der Waals surface area contributed by atoms with Gasteiger partial charge in [-0.1, -0.05) is 203 Å². The topological polar surface area (TPSA) is 68.8 Å². The number of phenolic OH excluding ortho intramolecular Hbond substituents is 2. The van der Waals surface area contributed by atoms with Crippen LogP contribution in [-0.2, 0) is 45.3 Å². The summed E-state index contributed by atoms with van der Waals surface area (Å²) in [4.78, 5) is 0. The van der Waals surface area contributed by atoms with Crippen LogP contribution in [0.4, 0.5) is 0 Å². The highest BCUT2D eigenvalue weighted by Crippen LogP contribution is 2.51. The van der Waals surface area contributed by atoms with Crippen molar-refractivity contribution >= 4 is 43.6 Å². The molecule has 0 atom stereocenters. The zero-order chi connectivity index (χ0) is 68.1. The van der Waals surface area contributed by atoms with Crippen LogP contribution in [0.2, 0.25) is 0 Å². The third-order valence-corrected chi connectivity index (χ3v) is 19.5. The molecule has 2 N–H and O–H groups in total. The van der Waals surface area contributed by atoms with E-state index in [1.165, 1.54) is 43.8 Å². The Morgan fingerprint density at radius 1 is 0.323 bits per heavy atom. The molecule has 0 aliphatic carbocycles. The molecule has 2 aromatic heterocycles. The number of aryl methyl sites for hydroxylation is 2. The van der Waals surface area contributed by atoms with Crippen LogP contribution in [0.1, 0.15) is 230 Å². The molecule has 2 heterocycles. The Bertz CT molecular complexity index is 4030. The first-order valence-corrected chi connectivity index (χ1v) is 34.5. The van der Waals surface area contributed by atoms with Gasteiger partial charge in [-0.25, -0.2) is 0 Å². The van der Waals surface area contributed by atoms with Gasteiger partial charge in [0.1, 0.15) is 23.0 Å². The summed E-state index contributed by atoms with van der Waals surface area (Å²) in [6, 6.07) is 49.5. The number of phenols is 2. The second kappa shape index (κ2) is 24.4. The van der Waals surface area contributed by atoms with E-state index in [0.29, 0.717) is 31.1 Å². The first-order valence-electron chi connectivity index (χ1n) is 34.5. The third-order valence-electron chi connectivity index (χ3n) is 19.5. The molecule has 10 aromatic rings. The van der Waals surface area contributed by atoms with Crippen molar-refractivity contribution in [3.8, 4) is 56.6 Å². The van der Waals surface area contributed by atoms with Crippen molar-refractivity contribution in [2.24, 2.45) is 10.8 Å². The Balaban J connectivity index is 1.05. The van der Waals surface area contributed by atoms with Gasteiger partial charge >= 0.3 is 0 Å². The van der Waals surface area contributed by atoms with Crippen LogP contribution >= 0.6 is 0 Å². The van der Waals surface area contributed by atoms with E-state index in [1.807, 2.05) is 0 Å². The molecule has 6 nitrogen and oxygen atoms in total. The van der Waals surface area contributed by atoms with E-state index in [2.05, 4.69) is 309 Å². The van der Waals surface area contributed by atoms with Crippen molar-refractivity contribution in [2.45, 2.75) is 231 Å². The number of aromatic nitrogens is 2. The molecule has 0 fully saturated rings. The zero-order valence-corrected chi connectivity index (χ0v) is 61.3. The molecule has 0 radical (unpaired) electrons. The molecule has 0 aliphatic rings. The number of hydrogen-bond donors (Lipinski definition) is 2. The largest absolute Gasteiger partial charge is 0.505 e. The summed E-state index contributed by atoms with van der Waals surface area (Å²) < 4.78 is 18.5. The van der Waals surface area contributed by atoms with E-state index in [1.54, 1.807) is 0 Å². The van der Waals surface area contributed by atoms with Crippen molar-refractivity contribution in [2.75, 3.05) is 13.2 Å². The van der Waals surface area contributed by atoms with Gasteiger partial charge in [0.2, 0.25) is 0 Å². The predicted molar refractivity (Wildman–Crippen MR) is 399 cm³/mol. The minimum Gasteiger partial charge on any atom is -0.505 e. The number of ether oxygens (including phenoxy) is 2. The van der Waals surface area contributed by atoms with Gasteiger partial charge in [-0.3, -0.25) is 0 Å². The number of rotatable bonds is 16. The summed E-state index contributed by atoms with van der Waals surface area (Å²) in [5, 5.41) is 31.2. The summed E-state index contributed by atoms with van der Waals surface area (Å²) in [7, 11) is 0. The van der Waals surface area contributed by atoms with Crippen molar-refractivity contribution in [1.29, 1.82) is 0 Å². The zero-order valence-electron chi connectivity index (χ0n) is 61.3. The van der Waals surface area contributed by atoms with Crippen molar-refractivity contribution in [3.63, 3.8) is 0 Å². The van der Waals surface area contributed by atoms with Crippen molar-refractivity contribution in [3.05, 3.63) is 178 Å². The molecule has 0 bridgehead atoms. The molecule has 10 rings (SSSR count). The predicted octanol–water partition coefficient (Wildman–Crippen LogP) is 24.2. The molecule has 0 saturated carbocycles. The Labute approximate surface area is 558 Å². The number of hydrogen-bond acceptors (Lipinski definition) is 4. The van der Waals surface area contributed by atoms with Gasteiger partial charge < -0.3 is 28.8 Å². The average molecular weight is 1250 g/mol. The van der Waals surface area contributed by atoms with Gasteiger partial charge in [0, 0.05) is 50.2 Å². The monoisotopic (exact) mass is 1250 g/mol. The molecule has 6 heteroatoms. The van der Waals surface area contributed by atoms with Crippen LogP contribution in [0.25, 0.3) is 77.2 Å². The van der Waals surface area contributed by atoms with Crippen LogP contribution in [-0.4, -0.2) is 32.6 Å². The summed E-state index contributed by atoms with van der Waals surface area (Å²) in [6.07, 6.45) is 4.10. The van der Waals surface area contributed by atoms with Gasteiger partial charge in [0.15, 0.2) is 0 Å². The Morgan fingerprint density at radius 2 is 0.613 bits per heavy atom. The maximum Gasteiger partial charge on any atom is 0.147 e. The van der Waals surface area contributed by atoms with Crippen LogP contribution in [0.3, 0.4) is 0 Å². The SMILES string of the molecule is CCc1ccc(OCCCOc2ccc(CC)cc2-c2cc(C(C)(C)CC(C)(C)C)cc(-n3c4ccc(C(C)(C)C)cc4c4cc(C(C)(C)C)ccc43)c2O)c(-c2cc(C(C)(C)CC(C)(C)C)cc(-n3c4ccc(C(C)(C)C)cc4c4cc(C(C)(C)C)ccc43)c2O)c1. The standard InChI is InChI=1S/C87H110N2O4/c1-25-54-28-38-76(66(42-54)68-48-60(86(21,22)52-80(3,4)5)50-74(78(68)90)88-70-34-30-56(82(9,10)11)44-62(70)63-45-57(83(12,13)14)31-35-71(63)88)92-40-27-41-93-77-39-29-55(26-2)43-67(77)69-49-61(87(23,24)53-81(6,7)8)51-75(79(69)91)89-72-36-32-58(84(15,16)17)46-64(72)65-47-59(85(18,19)20)33-37-73(65)89/h28-39,42-51,90-91H,25-27,40-41,52-53H2,1-24H3. The number of benzene rings is 8. The fourth-order valence-corrected chi connectivity index (χ4v) is 14.7. The van der Waals surface area contributed by atoms with Crippen LogP contribution in [0, 0.1) is 10.8 Å². The van der Waals surface area contributed by atoms with E-state index in [9.17, 15) is 10.2 Å². The maximum atomic E-state index is 13.3. The average Bonchev–Trinajstić information content (AvgIpc) is 1.62. The fraction of sp³-hybridized carbons (Fsp3) is 0.448. The smallest absolute Gasteiger partial charge is 0.147 e. The Kier molecular flexibility index (Phi) is 18.0. The highest BCUT2D eigenvalue weighted by atomic mass is 16.5. The van der Waals surface area contributed by atoms with E-state index >= 15 is 0 Å². The van der Waals surface area contributed by atoms with Gasteiger partial charge in [-0.05, 0) is 211 Å². The lowest BCUT2D eigenvalue weighted by atomic mass is 9.71. The molecule has 0 aliphatic heterocycles. The number of fused-ring (bicyclic) bond motifs is 6. The van der Waals surface area contributed by atoms with E-state index in [4.69, 9.17) is 9.47 Å². The normalized spacial score (nSPS) is 13.3. The molecular weight excluding hydrogens is 1140 g/mol. The molecule has 0 saturated heterocycles. The maximum absolute atomic E-state index is 13.3. The van der Waals surface area contributed by atoms with Crippen LogP contribution in [0.5, 0.6) is 23.0 Å². The molecule has 0 spiro atoms. The van der Waals surface area contributed by atoms with Crippen LogP contribution in [0.15, 0.2) is 133 Å². The number of aromatic hydroxyl groups is 2. The molecule has 0 unspecified atom stereocenters. The van der Waals surface area contributed by atoms with E-state index in [-0.39, 0.29) is 54.8 Å².